The molecule has 0 spiro atoms. The number of carbonyl (C=O) groups excluding carboxylic acids is 2. The van der Waals surface area contributed by atoms with Gasteiger partial charge in [-0.3, -0.25) is 10.1 Å². The fourth-order valence-corrected chi connectivity index (χ4v) is 2.61. The van der Waals surface area contributed by atoms with Crippen LogP contribution in [-0.2, 0) is 14.9 Å². The molecule has 0 aromatic heterocycles. The van der Waals surface area contributed by atoms with Gasteiger partial charge >= 0.3 is 6.09 Å². The summed E-state index contributed by atoms with van der Waals surface area (Å²) in [5, 5.41) is 5.58. The molecule has 2 N–H and O–H groups in total. The molecule has 0 atom stereocenters. The molecule has 0 heterocycles. The van der Waals surface area contributed by atoms with Crippen LogP contribution in [0.5, 0.6) is 0 Å². The first kappa shape index (κ1) is 21.0. The smallest absolute Gasteiger partial charge is 0.412 e. The lowest BCUT2D eigenvalue weighted by Gasteiger charge is -2.24. The van der Waals surface area contributed by atoms with E-state index < -0.39 is 17.1 Å². The summed E-state index contributed by atoms with van der Waals surface area (Å²) in [7, 11) is 0. The summed E-state index contributed by atoms with van der Waals surface area (Å²) < 4.78 is 6.18. The van der Waals surface area contributed by atoms with Gasteiger partial charge in [-0.1, -0.05) is 28.1 Å². The quantitative estimate of drug-likeness (QED) is 0.649. The molecule has 2 aromatic carbocycles. The SMILES string of the molecule is CC(C)(C)OC(=O)Nc1ccc(NC(=O)C(C)(C)c2ccc(Br)cc2)cc1. The number of rotatable bonds is 4. The van der Waals surface area contributed by atoms with E-state index in [0.29, 0.717) is 11.4 Å². The van der Waals surface area contributed by atoms with Crippen LogP contribution in [0, 0.1) is 0 Å². The third-order valence-electron chi connectivity index (χ3n) is 3.92. The Bertz CT molecular complexity index is 807. The maximum absolute atomic E-state index is 12.7. The Kier molecular flexibility index (Phi) is 6.31. The minimum Gasteiger partial charge on any atom is -0.444 e. The Balaban J connectivity index is 2.02. The highest BCUT2D eigenvalue weighted by Crippen LogP contribution is 2.27. The summed E-state index contributed by atoms with van der Waals surface area (Å²) in [6.07, 6.45) is -0.518. The Labute approximate surface area is 168 Å². The van der Waals surface area contributed by atoms with Crippen LogP contribution in [0.4, 0.5) is 16.2 Å². The standard InChI is InChI=1S/C21H25BrN2O3/c1-20(2,3)27-19(26)24-17-12-10-16(11-13-17)23-18(25)21(4,5)14-6-8-15(22)9-7-14/h6-13H,1-5H3,(H,23,25)(H,24,26). The predicted octanol–water partition coefficient (Wildman–Crippen LogP) is 5.71. The van der Waals surface area contributed by atoms with Crippen molar-refractivity contribution in [2.24, 2.45) is 0 Å². The van der Waals surface area contributed by atoms with Gasteiger partial charge in [-0.15, -0.1) is 0 Å². The maximum Gasteiger partial charge on any atom is 0.412 e. The van der Waals surface area contributed by atoms with Crippen LogP contribution in [0.2, 0.25) is 0 Å². The van der Waals surface area contributed by atoms with Crippen molar-refractivity contribution in [1.29, 1.82) is 0 Å². The molecule has 27 heavy (non-hydrogen) atoms. The van der Waals surface area contributed by atoms with Crippen molar-refractivity contribution in [3.63, 3.8) is 0 Å². The van der Waals surface area contributed by atoms with E-state index in [0.717, 1.165) is 10.0 Å². The van der Waals surface area contributed by atoms with E-state index in [1.165, 1.54) is 0 Å². The molecule has 0 saturated carbocycles. The van der Waals surface area contributed by atoms with Gasteiger partial charge in [0.2, 0.25) is 5.91 Å². The van der Waals surface area contributed by atoms with Gasteiger partial charge < -0.3 is 10.1 Å². The number of hydrogen-bond acceptors (Lipinski definition) is 3. The molecule has 0 aliphatic heterocycles. The van der Waals surface area contributed by atoms with Gasteiger partial charge in [-0.25, -0.2) is 4.79 Å². The molecule has 0 bridgehead atoms. The molecular formula is C21H25BrN2O3. The van der Waals surface area contributed by atoms with Crippen LogP contribution in [-0.4, -0.2) is 17.6 Å². The summed E-state index contributed by atoms with van der Waals surface area (Å²) in [6, 6.07) is 14.6. The number of nitrogens with one attached hydrogen (secondary N) is 2. The van der Waals surface area contributed by atoms with E-state index in [1.807, 2.05) is 38.1 Å². The molecule has 2 amide bonds. The van der Waals surface area contributed by atoms with Gasteiger partial charge in [0.1, 0.15) is 5.60 Å². The monoisotopic (exact) mass is 432 g/mol. The maximum atomic E-state index is 12.7. The zero-order valence-corrected chi connectivity index (χ0v) is 17.8. The molecule has 0 saturated heterocycles. The number of amides is 2. The van der Waals surface area contributed by atoms with Crippen molar-refractivity contribution in [3.8, 4) is 0 Å². The molecule has 0 radical (unpaired) electrons. The Morgan fingerprint density at radius 2 is 1.30 bits per heavy atom. The average Bonchev–Trinajstić information content (AvgIpc) is 2.55. The van der Waals surface area contributed by atoms with Crippen LogP contribution in [0.1, 0.15) is 40.2 Å². The van der Waals surface area contributed by atoms with Crippen LogP contribution >= 0.6 is 15.9 Å². The number of halogens is 1. The molecule has 2 aromatic rings. The average molecular weight is 433 g/mol. The van der Waals surface area contributed by atoms with Gasteiger partial charge in [0.05, 0.1) is 5.41 Å². The van der Waals surface area contributed by atoms with E-state index in [1.54, 1.807) is 45.0 Å². The van der Waals surface area contributed by atoms with E-state index >= 15 is 0 Å². The minimum atomic E-state index is -0.686. The van der Waals surface area contributed by atoms with Gasteiger partial charge in [0, 0.05) is 15.8 Å². The Morgan fingerprint density at radius 3 is 1.78 bits per heavy atom. The van der Waals surface area contributed by atoms with Crippen molar-refractivity contribution >= 4 is 39.3 Å². The van der Waals surface area contributed by atoms with Crippen LogP contribution in [0.25, 0.3) is 0 Å². The summed E-state index contributed by atoms with van der Waals surface area (Å²) in [4.78, 5) is 24.5. The fraction of sp³-hybridized carbons (Fsp3) is 0.333. The molecule has 5 nitrogen and oxygen atoms in total. The number of anilines is 2. The summed E-state index contributed by atoms with van der Waals surface area (Å²) in [5.41, 5.74) is 0.922. The summed E-state index contributed by atoms with van der Waals surface area (Å²) in [6.45, 7) is 9.17. The number of benzene rings is 2. The zero-order chi connectivity index (χ0) is 20.2. The summed E-state index contributed by atoms with van der Waals surface area (Å²) >= 11 is 3.40. The Morgan fingerprint density at radius 1 is 0.815 bits per heavy atom. The normalized spacial score (nSPS) is 11.6. The number of hydrogen-bond donors (Lipinski definition) is 2. The highest BCUT2D eigenvalue weighted by atomic mass is 79.9. The second-order valence-corrected chi connectivity index (χ2v) is 8.71. The molecule has 0 fully saturated rings. The van der Waals surface area contributed by atoms with Crippen LogP contribution in [0.15, 0.2) is 53.0 Å². The fourth-order valence-electron chi connectivity index (χ4n) is 2.34. The molecule has 0 aliphatic rings. The lowest BCUT2D eigenvalue weighted by molar-refractivity contribution is -0.120. The summed E-state index contributed by atoms with van der Waals surface area (Å²) in [5.74, 6) is -0.113. The third-order valence-corrected chi connectivity index (χ3v) is 4.45. The van der Waals surface area contributed by atoms with Gasteiger partial charge in [-0.05, 0) is 76.6 Å². The first-order valence-corrected chi connectivity index (χ1v) is 9.44. The topological polar surface area (TPSA) is 67.4 Å². The minimum absolute atomic E-state index is 0.113. The van der Waals surface area contributed by atoms with Crippen LogP contribution < -0.4 is 10.6 Å². The van der Waals surface area contributed by atoms with Crippen molar-refractivity contribution in [2.75, 3.05) is 10.6 Å². The van der Waals surface area contributed by atoms with Crippen molar-refractivity contribution in [1.82, 2.24) is 0 Å². The molecule has 144 valence electrons. The van der Waals surface area contributed by atoms with E-state index in [-0.39, 0.29) is 5.91 Å². The first-order chi connectivity index (χ1) is 12.5. The molecule has 6 heteroatoms. The third kappa shape index (κ3) is 6.10. The molecule has 0 aliphatic carbocycles. The highest BCUT2D eigenvalue weighted by Gasteiger charge is 2.29. The van der Waals surface area contributed by atoms with Crippen molar-refractivity contribution < 1.29 is 14.3 Å². The van der Waals surface area contributed by atoms with Gasteiger partial charge in [0.15, 0.2) is 0 Å². The van der Waals surface area contributed by atoms with Crippen molar-refractivity contribution in [3.05, 3.63) is 58.6 Å². The van der Waals surface area contributed by atoms with Crippen molar-refractivity contribution in [2.45, 2.75) is 45.6 Å². The molecule has 2 rings (SSSR count). The lowest BCUT2D eigenvalue weighted by atomic mass is 9.83. The van der Waals surface area contributed by atoms with Crippen LogP contribution in [0.3, 0.4) is 0 Å². The molecule has 0 unspecified atom stereocenters. The van der Waals surface area contributed by atoms with E-state index in [4.69, 9.17) is 4.74 Å². The van der Waals surface area contributed by atoms with Gasteiger partial charge in [0.25, 0.3) is 0 Å². The Hall–Kier alpha value is -2.34. The lowest BCUT2D eigenvalue weighted by Crippen LogP contribution is -2.34. The first-order valence-electron chi connectivity index (χ1n) is 8.65. The highest BCUT2D eigenvalue weighted by molar-refractivity contribution is 9.10. The van der Waals surface area contributed by atoms with E-state index in [9.17, 15) is 9.59 Å². The van der Waals surface area contributed by atoms with E-state index in [2.05, 4.69) is 26.6 Å². The second-order valence-electron chi connectivity index (χ2n) is 7.79. The second kappa shape index (κ2) is 8.13. The van der Waals surface area contributed by atoms with Gasteiger partial charge in [-0.2, -0.15) is 0 Å². The number of ether oxygens (including phenoxy) is 1. The predicted molar refractivity (Wildman–Crippen MR) is 112 cm³/mol. The molecular weight excluding hydrogens is 408 g/mol. The number of carbonyl (C=O) groups is 2. The largest absolute Gasteiger partial charge is 0.444 e. The zero-order valence-electron chi connectivity index (χ0n) is 16.2.